The van der Waals surface area contributed by atoms with Crippen LogP contribution in [0.3, 0.4) is 0 Å². The Kier molecular flexibility index (Phi) is 7.33. The minimum Gasteiger partial charge on any atom is -0.427 e. The Hall–Kier alpha value is -1.52. The normalized spacial score (nSPS) is 11.7. The van der Waals surface area contributed by atoms with Gasteiger partial charge >= 0.3 is 17.2 Å². The molecule has 2 rings (SSSR count). The summed E-state index contributed by atoms with van der Waals surface area (Å²) < 4.78 is 10.3. The van der Waals surface area contributed by atoms with Gasteiger partial charge < -0.3 is 28.6 Å². The highest BCUT2D eigenvalue weighted by Crippen LogP contribution is 2.44. The first-order valence-electron chi connectivity index (χ1n) is 7.49. The smallest absolute Gasteiger partial charge is 0.391 e. The van der Waals surface area contributed by atoms with Crippen molar-refractivity contribution in [1.29, 1.82) is 0 Å². The van der Waals surface area contributed by atoms with Crippen LogP contribution in [0.5, 0.6) is 11.5 Å². The molecule has 0 heterocycles. The lowest BCUT2D eigenvalue weighted by atomic mass is 9.98. The summed E-state index contributed by atoms with van der Waals surface area (Å²) in [5.74, 6) is 0.364. The lowest BCUT2D eigenvalue weighted by Gasteiger charge is -2.19. The molecule has 0 spiro atoms. The molecule has 0 atom stereocenters. The van der Waals surface area contributed by atoms with Crippen LogP contribution < -0.4 is 9.05 Å². The number of hydrogen-bond acceptors (Lipinski definition) is 6. The summed E-state index contributed by atoms with van der Waals surface area (Å²) in [6.45, 7) is 3.73. The van der Waals surface area contributed by atoms with Crippen molar-refractivity contribution < 1.29 is 28.6 Å². The Morgan fingerprint density at radius 2 is 1.28 bits per heavy atom. The van der Waals surface area contributed by atoms with E-state index >= 15 is 0 Å². The van der Waals surface area contributed by atoms with Crippen molar-refractivity contribution >= 4 is 29.4 Å². The van der Waals surface area contributed by atoms with Gasteiger partial charge in [-0.15, -0.1) is 0 Å². The van der Waals surface area contributed by atoms with Crippen LogP contribution in [-0.2, 0) is 0 Å². The van der Waals surface area contributed by atoms with Crippen molar-refractivity contribution in [2.45, 2.75) is 19.8 Å². The highest BCUT2D eigenvalue weighted by Gasteiger charge is 2.20. The van der Waals surface area contributed by atoms with Crippen LogP contribution in [0.4, 0.5) is 0 Å². The van der Waals surface area contributed by atoms with Gasteiger partial charge in [-0.1, -0.05) is 56.3 Å². The molecule has 0 fully saturated rings. The third kappa shape index (κ3) is 6.05. The molecule has 2 aromatic carbocycles. The van der Waals surface area contributed by atoms with Crippen molar-refractivity contribution in [3.05, 3.63) is 59.2 Å². The van der Waals surface area contributed by atoms with Gasteiger partial charge in [0.2, 0.25) is 0 Å². The van der Waals surface area contributed by atoms with Crippen molar-refractivity contribution in [3.8, 4) is 11.5 Å². The number of rotatable bonds is 7. The zero-order valence-electron chi connectivity index (χ0n) is 13.8. The van der Waals surface area contributed by atoms with Gasteiger partial charge in [0.25, 0.3) is 0 Å². The topological polar surface area (TPSA) is 99.4 Å². The van der Waals surface area contributed by atoms with E-state index in [0.29, 0.717) is 11.1 Å². The molecule has 25 heavy (non-hydrogen) atoms. The molecule has 134 valence electrons. The highest BCUT2D eigenvalue weighted by atomic mass is 31.2. The van der Waals surface area contributed by atoms with Crippen molar-refractivity contribution in [1.82, 2.24) is 0 Å². The average Bonchev–Trinajstić information content (AvgIpc) is 2.52. The molecular weight excluding hydrogens is 362 g/mol. The summed E-state index contributed by atoms with van der Waals surface area (Å²) in [6, 6.07) is 12.9. The highest BCUT2D eigenvalue weighted by molar-refractivity contribution is 7.40. The summed E-state index contributed by atoms with van der Waals surface area (Å²) >= 11 is 0. The zero-order valence-corrected chi connectivity index (χ0v) is 15.6. The van der Waals surface area contributed by atoms with Crippen LogP contribution >= 0.6 is 17.2 Å². The summed E-state index contributed by atoms with van der Waals surface area (Å²) in [5, 5.41) is 0. The molecule has 0 aliphatic carbocycles. The van der Waals surface area contributed by atoms with E-state index in [2.05, 4.69) is 0 Å². The first-order chi connectivity index (χ1) is 11.9. The van der Waals surface area contributed by atoms with E-state index in [1.165, 1.54) is 0 Å². The summed E-state index contributed by atoms with van der Waals surface area (Å²) in [4.78, 5) is 36.9. The second-order valence-corrected chi connectivity index (χ2v) is 6.89. The molecule has 0 bridgehead atoms. The molecule has 0 amide bonds. The molecule has 4 N–H and O–H groups in total. The van der Waals surface area contributed by atoms with Gasteiger partial charge in [-0.05, 0) is 29.2 Å². The minimum absolute atomic E-state index is 0.0953. The Bertz CT molecular complexity index is 685. The summed E-state index contributed by atoms with van der Waals surface area (Å²) in [5.41, 5.74) is 2.17. The molecule has 6 nitrogen and oxygen atoms in total. The predicted molar refractivity (Wildman–Crippen MR) is 99.9 cm³/mol. The second kappa shape index (κ2) is 9.25. The van der Waals surface area contributed by atoms with Crippen LogP contribution in [0.1, 0.15) is 36.5 Å². The molecule has 0 unspecified atom stereocenters. The van der Waals surface area contributed by atoms with Gasteiger partial charge in [-0.25, -0.2) is 0 Å². The minimum atomic E-state index is -2.62. The van der Waals surface area contributed by atoms with E-state index in [1.54, 1.807) is 18.2 Å². The second-order valence-electron chi connectivity index (χ2n) is 5.52. The SMILES string of the molecule is CC(C)c1c(OP(O)O)cc(/C=C/c2ccccc2)cc1OP(O)O. The fraction of sp³-hybridized carbons (Fsp3) is 0.176. The maximum absolute atomic E-state index is 9.23. The average molecular weight is 382 g/mol. The maximum atomic E-state index is 9.23. The van der Waals surface area contributed by atoms with E-state index in [-0.39, 0.29) is 17.4 Å². The van der Waals surface area contributed by atoms with E-state index < -0.39 is 17.2 Å². The molecule has 2 aromatic rings. The van der Waals surface area contributed by atoms with Crippen LogP contribution in [0.15, 0.2) is 42.5 Å². The van der Waals surface area contributed by atoms with Gasteiger partial charge in [-0.3, -0.25) is 0 Å². The lowest BCUT2D eigenvalue weighted by Crippen LogP contribution is -2.00. The molecule has 0 aliphatic heterocycles. The molecular formula is C17H20O6P2. The number of hydrogen-bond donors (Lipinski definition) is 4. The quantitative estimate of drug-likeness (QED) is 0.424. The van der Waals surface area contributed by atoms with Crippen LogP contribution in [0.25, 0.3) is 12.2 Å². The molecule has 0 saturated heterocycles. The van der Waals surface area contributed by atoms with Crippen LogP contribution in [-0.4, -0.2) is 19.6 Å². The van der Waals surface area contributed by atoms with Crippen LogP contribution in [0.2, 0.25) is 0 Å². The molecule has 8 heteroatoms. The lowest BCUT2D eigenvalue weighted by molar-refractivity contribution is 0.364. The Labute approximate surface area is 149 Å². The van der Waals surface area contributed by atoms with E-state index in [1.807, 2.05) is 50.3 Å². The standard InChI is InChI=1S/C17H20O6P2/c1-12(2)17-15(22-24(18)19)10-14(11-16(17)23-25(20)21)9-8-13-6-4-3-5-7-13/h3-12,18-21H,1-2H3/b9-8+. The summed E-state index contributed by atoms with van der Waals surface area (Å²) in [7, 11) is -5.23. The number of benzene rings is 2. The van der Waals surface area contributed by atoms with E-state index in [9.17, 15) is 19.6 Å². The Morgan fingerprint density at radius 3 is 1.72 bits per heavy atom. The Morgan fingerprint density at radius 1 is 0.800 bits per heavy atom. The largest absolute Gasteiger partial charge is 0.427 e. The monoisotopic (exact) mass is 382 g/mol. The van der Waals surface area contributed by atoms with Gasteiger partial charge in [-0.2, -0.15) is 0 Å². The van der Waals surface area contributed by atoms with E-state index in [0.717, 1.165) is 5.56 Å². The van der Waals surface area contributed by atoms with Crippen LogP contribution in [0, 0.1) is 0 Å². The van der Waals surface area contributed by atoms with Gasteiger partial charge in [0, 0.05) is 5.56 Å². The maximum Gasteiger partial charge on any atom is 0.391 e. The van der Waals surface area contributed by atoms with Gasteiger partial charge in [0.15, 0.2) is 0 Å². The van der Waals surface area contributed by atoms with Gasteiger partial charge in [0.1, 0.15) is 11.5 Å². The van der Waals surface area contributed by atoms with E-state index in [4.69, 9.17) is 9.05 Å². The summed E-state index contributed by atoms with van der Waals surface area (Å²) in [6.07, 6.45) is 3.67. The molecule has 0 aromatic heterocycles. The fourth-order valence-electron chi connectivity index (χ4n) is 2.37. The van der Waals surface area contributed by atoms with Crippen molar-refractivity contribution in [3.63, 3.8) is 0 Å². The third-order valence-electron chi connectivity index (χ3n) is 3.33. The first kappa shape index (κ1) is 19.8. The Balaban J connectivity index is 2.47. The zero-order chi connectivity index (χ0) is 18.4. The molecule has 0 aliphatic rings. The third-order valence-corrected chi connectivity index (χ3v) is 4.05. The first-order valence-corrected chi connectivity index (χ1v) is 9.82. The molecule has 0 saturated carbocycles. The predicted octanol–water partition coefficient (Wildman–Crippen LogP) is 4.16. The van der Waals surface area contributed by atoms with Crippen molar-refractivity contribution in [2.24, 2.45) is 0 Å². The van der Waals surface area contributed by atoms with Crippen molar-refractivity contribution in [2.75, 3.05) is 0 Å². The fourth-order valence-corrected chi connectivity index (χ4v) is 3.02. The molecule has 0 radical (unpaired) electrons. The van der Waals surface area contributed by atoms with Gasteiger partial charge in [0.05, 0.1) is 0 Å².